The Kier molecular flexibility index (Phi) is 4.08. The minimum Gasteiger partial charge on any atom is -0.454 e. The zero-order chi connectivity index (χ0) is 17.1. The molecule has 1 amide bonds. The van der Waals surface area contributed by atoms with Crippen molar-refractivity contribution in [3.05, 3.63) is 65.9 Å². The monoisotopic (exact) mass is 336 g/mol. The number of hydrogen-bond donors (Lipinski definition) is 1. The molecule has 6 nitrogen and oxygen atoms in total. The van der Waals surface area contributed by atoms with Gasteiger partial charge < -0.3 is 19.3 Å². The van der Waals surface area contributed by atoms with Crippen molar-refractivity contribution in [3.63, 3.8) is 0 Å². The number of carbonyl (C=O) groups is 1. The van der Waals surface area contributed by atoms with Crippen molar-refractivity contribution in [3.8, 4) is 22.8 Å². The fourth-order valence-electron chi connectivity index (χ4n) is 2.63. The van der Waals surface area contributed by atoms with Crippen LogP contribution in [0.3, 0.4) is 0 Å². The summed E-state index contributed by atoms with van der Waals surface area (Å²) >= 11 is 0. The molecular weight excluding hydrogens is 320 g/mol. The summed E-state index contributed by atoms with van der Waals surface area (Å²) in [6.45, 7) is 0.741. The summed E-state index contributed by atoms with van der Waals surface area (Å²) in [7, 11) is 0. The Morgan fingerprint density at radius 2 is 1.88 bits per heavy atom. The second-order valence-corrected chi connectivity index (χ2v) is 5.64. The van der Waals surface area contributed by atoms with Gasteiger partial charge in [-0.25, -0.2) is 0 Å². The van der Waals surface area contributed by atoms with E-state index in [1.54, 1.807) is 6.07 Å². The average molecular weight is 336 g/mol. The average Bonchev–Trinajstić information content (AvgIpc) is 3.31. The second kappa shape index (κ2) is 6.68. The smallest absolute Gasteiger partial charge is 0.289 e. The molecule has 25 heavy (non-hydrogen) atoms. The number of benzene rings is 2. The molecule has 1 aliphatic rings. The zero-order valence-corrected chi connectivity index (χ0v) is 13.4. The molecule has 0 spiro atoms. The SMILES string of the molecule is O=C(NCCc1ccc2c(c1)OCO2)c1cc(-c2ccccc2)no1. The van der Waals surface area contributed by atoms with Gasteiger partial charge in [0.1, 0.15) is 5.69 Å². The molecule has 2 heterocycles. The Balaban J connectivity index is 1.34. The molecule has 1 aromatic heterocycles. The van der Waals surface area contributed by atoms with E-state index in [4.69, 9.17) is 14.0 Å². The van der Waals surface area contributed by atoms with Gasteiger partial charge in [-0.2, -0.15) is 0 Å². The third-order valence-electron chi connectivity index (χ3n) is 3.94. The molecule has 6 heteroatoms. The van der Waals surface area contributed by atoms with E-state index in [2.05, 4.69) is 10.5 Å². The zero-order valence-electron chi connectivity index (χ0n) is 13.4. The lowest BCUT2D eigenvalue weighted by atomic mass is 10.1. The molecule has 0 fully saturated rings. The minimum absolute atomic E-state index is 0.199. The van der Waals surface area contributed by atoms with Crippen molar-refractivity contribution in [1.82, 2.24) is 10.5 Å². The molecule has 0 radical (unpaired) electrons. The van der Waals surface area contributed by atoms with Crippen molar-refractivity contribution < 1.29 is 18.8 Å². The number of hydrogen-bond acceptors (Lipinski definition) is 5. The van der Waals surface area contributed by atoms with Gasteiger partial charge in [0.15, 0.2) is 11.5 Å². The first-order valence-corrected chi connectivity index (χ1v) is 7.98. The Bertz CT molecular complexity index is 889. The van der Waals surface area contributed by atoms with Crippen LogP contribution in [0.15, 0.2) is 59.1 Å². The molecule has 0 saturated heterocycles. The normalized spacial score (nSPS) is 12.2. The van der Waals surface area contributed by atoms with Gasteiger partial charge in [-0.3, -0.25) is 4.79 Å². The van der Waals surface area contributed by atoms with Crippen molar-refractivity contribution >= 4 is 5.91 Å². The molecule has 0 aliphatic carbocycles. The molecule has 0 unspecified atom stereocenters. The number of amides is 1. The highest BCUT2D eigenvalue weighted by Crippen LogP contribution is 2.32. The standard InChI is InChI=1S/C19H16N2O4/c22-19(18-11-15(21-25-18)14-4-2-1-3-5-14)20-9-8-13-6-7-16-17(10-13)24-12-23-16/h1-7,10-11H,8-9,12H2,(H,20,22). The van der Waals surface area contributed by atoms with Gasteiger partial charge in [-0.1, -0.05) is 41.6 Å². The van der Waals surface area contributed by atoms with Crippen molar-refractivity contribution in [1.29, 1.82) is 0 Å². The highest BCUT2D eigenvalue weighted by molar-refractivity contribution is 5.92. The summed E-state index contributed by atoms with van der Waals surface area (Å²) in [5.74, 6) is 1.41. The number of rotatable bonds is 5. The van der Waals surface area contributed by atoms with E-state index in [1.807, 2.05) is 48.5 Å². The van der Waals surface area contributed by atoms with Crippen LogP contribution in [0.2, 0.25) is 0 Å². The van der Waals surface area contributed by atoms with E-state index in [1.165, 1.54) is 0 Å². The summed E-state index contributed by atoms with van der Waals surface area (Å²) < 4.78 is 15.8. The van der Waals surface area contributed by atoms with E-state index >= 15 is 0 Å². The van der Waals surface area contributed by atoms with Crippen LogP contribution >= 0.6 is 0 Å². The molecule has 0 bridgehead atoms. The van der Waals surface area contributed by atoms with E-state index < -0.39 is 0 Å². The molecule has 3 aromatic rings. The Labute approximate surface area is 144 Å². The van der Waals surface area contributed by atoms with Crippen molar-refractivity contribution in [2.75, 3.05) is 13.3 Å². The first-order chi connectivity index (χ1) is 12.3. The van der Waals surface area contributed by atoms with Gasteiger partial charge in [-0.15, -0.1) is 0 Å². The van der Waals surface area contributed by atoms with E-state index in [-0.39, 0.29) is 18.5 Å². The maximum atomic E-state index is 12.2. The van der Waals surface area contributed by atoms with E-state index in [0.717, 1.165) is 22.6 Å². The predicted molar refractivity (Wildman–Crippen MR) is 90.5 cm³/mol. The first kappa shape index (κ1) is 15.3. The lowest BCUT2D eigenvalue weighted by Crippen LogP contribution is -2.25. The maximum absolute atomic E-state index is 12.2. The lowest BCUT2D eigenvalue weighted by molar-refractivity contribution is 0.0917. The number of carbonyl (C=O) groups excluding carboxylic acids is 1. The fourth-order valence-corrected chi connectivity index (χ4v) is 2.63. The summed E-state index contributed by atoms with van der Waals surface area (Å²) in [6, 6.07) is 17.0. The Morgan fingerprint density at radius 3 is 2.76 bits per heavy atom. The fraction of sp³-hybridized carbons (Fsp3) is 0.158. The van der Waals surface area contributed by atoms with Crippen LogP contribution in [0.1, 0.15) is 16.1 Å². The number of ether oxygens (including phenoxy) is 2. The van der Waals surface area contributed by atoms with Crippen LogP contribution in [0, 0.1) is 0 Å². The van der Waals surface area contributed by atoms with E-state index in [0.29, 0.717) is 18.7 Å². The molecule has 1 N–H and O–H groups in total. The van der Waals surface area contributed by atoms with Crippen molar-refractivity contribution in [2.24, 2.45) is 0 Å². The largest absolute Gasteiger partial charge is 0.454 e. The van der Waals surface area contributed by atoms with Crippen LogP contribution in [0.4, 0.5) is 0 Å². The molecule has 1 aliphatic heterocycles. The topological polar surface area (TPSA) is 73.6 Å². The molecule has 126 valence electrons. The number of nitrogens with zero attached hydrogens (tertiary/aromatic N) is 1. The third kappa shape index (κ3) is 3.33. The number of fused-ring (bicyclic) bond motifs is 1. The van der Waals surface area contributed by atoms with E-state index in [9.17, 15) is 4.79 Å². The lowest BCUT2D eigenvalue weighted by Gasteiger charge is -2.04. The van der Waals surface area contributed by atoms with Crippen LogP contribution in [0.5, 0.6) is 11.5 Å². The molecule has 2 aromatic carbocycles. The Morgan fingerprint density at radius 1 is 1.04 bits per heavy atom. The summed E-state index contributed by atoms with van der Waals surface area (Å²) in [6.07, 6.45) is 0.683. The Hall–Kier alpha value is -3.28. The van der Waals surface area contributed by atoms with Gasteiger partial charge in [0, 0.05) is 18.2 Å². The molecule has 0 atom stereocenters. The molecule has 4 rings (SSSR count). The highest BCUT2D eigenvalue weighted by Gasteiger charge is 2.15. The third-order valence-corrected chi connectivity index (χ3v) is 3.94. The molecule has 0 saturated carbocycles. The van der Waals surface area contributed by atoms with Gasteiger partial charge in [0.05, 0.1) is 0 Å². The number of aromatic nitrogens is 1. The summed E-state index contributed by atoms with van der Waals surface area (Å²) in [5, 5.41) is 6.78. The van der Waals surface area contributed by atoms with Crippen LogP contribution in [0.25, 0.3) is 11.3 Å². The van der Waals surface area contributed by atoms with Gasteiger partial charge in [0.2, 0.25) is 12.6 Å². The second-order valence-electron chi connectivity index (χ2n) is 5.64. The highest BCUT2D eigenvalue weighted by atomic mass is 16.7. The summed E-state index contributed by atoms with van der Waals surface area (Å²) in [5.41, 5.74) is 2.61. The predicted octanol–water partition coefficient (Wildman–Crippen LogP) is 3.04. The van der Waals surface area contributed by atoms with Gasteiger partial charge in [0.25, 0.3) is 5.91 Å². The summed E-state index contributed by atoms with van der Waals surface area (Å²) in [4.78, 5) is 12.2. The van der Waals surface area contributed by atoms with Crippen LogP contribution in [-0.4, -0.2) is 24.4 Å². The number of nitrogens with one attached hydrogen (secondary N) is 1. The van der Waals surface area contributed by atoms with Gasteiger partial charge >= 0.3 is 0 Å². The van der Waals surface area contributed by atoms with Gasteiger partial charge in [-0.05, 0) is 24.1 Å². The van der Waals surface area contributed by atoms with Crippen LogP contribution in [-0.2, 0) is 6.42 Å². The molecular formula is C19H16N2O4. The first-order valence-electron chi connectivity index (χ1n) is 7.98. The quantitative estimate of drug-likeness (QED) is 0.775. The van der Waals surface area contributed by atoms with Crippen LogP contribution < -0.4 is 14.8 Å². The maximum Gasteiger partial charge on any atom is 0.289 e. The van der Waals surface area contributed by atoms with Crippen molar-refractivity contribution in [2.45, 2.75) is 6.42 Å². The minimum atomic E-state index is -0.282.